The number of nitrogens with zero attached hydrogens (tertiary/aromatic N) is 2. The number of pyridine rings is 1. The summed E-state index contributed by atoms with van der Waals surface area (Å²) in [4.78, 5) is 28.8. The van der Waals surface area contributed by atoms with E-state index in [-0.39, 0.29) is 11.6 Å². The molecule has 0 aliphatic carbocycles. The highest BCUT2D eigenvalue weighted by molar-refractivity contribution is 6.06. The van der Waals surface area contributed by atoms with Gasteiger partial charge in [-0.3, -0.25) is 4.79 Å². The molecule has 5 heteroatoms. The summed E-state index contributed by atoms with van der Waals surface area (Å²) in [5, 5.41) is 8.95. The third-order valence-corrected chi connectivity index (χ3v) is 3.10. The molecule has 2 aromatic rings. The molecule has 0 spiro atoms. The number of carbonyl (C=O) groups is 2. The van der Waals surface area contributed by atoms with Gasteiger partial charge in [-0.2, -0.15) is 0 Å². The molecular weight excluding hydrogens is 268 g/mol. The zero-order chi connectivity index (χ0) is 15.4. The number of carboxylic acid groups (broad SMARTS) is 1. The Hall–Kier alpha value is -2.69. The molecule has 108 valence electrons. The van der Waals surface area contributed by atoms with E-state index in [0.29, 0.717) is 12.1 Å². The summed E-state index contributed by atoms with van der Waals surface area (Å²) in [6.07, 6.45) is 1.33. The third kappa shape index (κ3) is 3.25. The molecule has 0 radical (unpaired) electrons. The molecule has 1 aromatic carbocycles. The number of carboxylic acids is 1. The number of rotatable bonds is 4. The number of benzene rings is 1. The van der Waals surface area contributed by atoms with Gasteiger partial charge in [0.2, 0.25) is 0 Å². The molecule has 1 aromatic heterocycles. The first kappa shape index (κ1) is 14.7. The fourth-order valence-electron chi connectivity index (χ4n) is 2.08. The van der Waals surface area contributed by atoms with Gasteiger partial charge in [0, 0.05) is 24.0 Å². The molecule has 1 heterocycles. The zero-order valence-electron chi connectivity index (χ0n) is 11.9. The second kappa shape index (κ2) is 6.17. The largest absolute Gasteiger partial charge is 0.477 e. The Kier molecular flexibility index (Phi) is 4.33. The van der Waals surface area contributed by atoms with Crippen molar-refractivity contribution in [1.29, 1.82) is 0 Å². The average Bonchev–Trinajstić information content (AvgIpc) is 2.48. The Bertz CT molecular complexity index is 683. The van der Waals surface area contributed by atoms with E-state index < -0.39 is 5.97 Å². The monoisotopic (exact) mass is 284 g/mol. The molecule has 0 aliphatic rings. The number of aryl methyl sites for hydroxylation is 1. The lowest BCUT2D eigenvalue weighted by atomic mass is 10.1. The number of anilines is 1. The summed E-state index contributed by atoms with van der Waals surface area (Å²) in [6.45, 7) is 4.32. The molecule has 0 bridgehead atoms. The van der Waals surface area contributed by atoms with E-state index in [1.165, 1.54) is 18.3 Å². The molecule has 21 heavy (non-hydrogen) atoms. The number of amides is 1. The normalized spacial score (nSPS) is 10.2. The summed E-state index contributed by atoms with van der Waals surface area (Å²) in [5.41, 5.74) is 2.02. The second-order valence-corrected chi connectivity index (χ2v) is 4.62. The van der Waals surface area contributed by atoms with Gasteiger partial charge in [0.25, 0.3) is 5.91 Å². The van der Waals surface area contributed by atoms with Gasteiger partial charge in [-0.1, -0.05) is 12.1 Å². The number of hydrogen-bond acceptors (Lipinski definition) is 3. The lowest BCUT2D eigenvalue weighted by Gasteiger charge is -2.21. The summed E-state index contributed by atoms with van der Waals surface area (Å²) in [5.74, 6) is -1.39. The van der Waals surface area contributed by atoms with Crippen LogP contribution in [0, 0.1) is 6.92 Å². The first-order valence-electron chi connectivity index (χ1n) is 6.60. The second-order valence-electron chi connectivity index (χ2n) is 4.62. The van der Waals surface area contributed by atoms with Crippen molar-refractivity contribution in [3.63, 3.8) is 0 Å². The third-order valence-electron chi connectivity index (χ3n) is 3.10. The zero-order valence-corrected chi connectivity index (χ0v) is 11.9. The number of aromatic carboxylic acids is 1. The standard InChI is InChI=1S/C16H16N2O3/c1-3-18(13-6-4-5-11(2)9-13)15(19)12-7-8-17-14(10-12)16(20)21/h4-10H,3H2,1-2H3,(H,20,21). The lowest BCUT2D eigenvalue weighted by Crippen LogP contribution is -2.30. The van der Waals surface area contributed by atoms with Crippen LogP contribution in [0.5, 0.6) is 0 Å². The van der Waals surface area contributed by atoms with Gasteiger partial charge < -0.3 is 10.0 Å². The van der Waals surface area contributed by atoms with E-state index in [9.17, 15) is 9.59 Å². The summed E-state index contributed by atoms with van der Waals surface area (Å²) < 4.78 is 0. The van der Waals surface area contributed by atoms with Crippen LogP contribution in [0.25, 0.3) is 0 Å². The van der Waals surface area contributed by atoms with E-state index in [4.69, 9.17) is 5.11 Å². The van der Waals surface area contributed by atoms with E-state index in [1.807, 2.05) is 38.1 Å². The van der Waals surface area contributed by atoms with Crippen LogP contribution in [0.15, 0.2) is 42.6 Å². The molecule has 0 unspecified atom stereocenters. The Labute approximate surface area is 122 Å². The SMILES string of the molecule is CCN(C(=O)c1ccnc(C(=O)O)c1)c1cccc(C)c1. The van der Waals surface area contributed by atoms with Crippen molar-refractivity contribution in [2.75, 3.05) is 11.4 Å². The average molecular weight is 284 g/mol. The molecule has 1 N–H and O–H groups in total. The maximum absolute atomic E-state index is 12.6. The van der Waals surface area contributed by atoms with Crippen molar-refractivity contribution in [3.8, 4) is 0 Å². The van der Waals surface area contributed by atoms with Gasteiger partial charge in [0.05, 0.1) is 0 Å². The fourth-order valence-corrected chi connectivity index (χ4v) is 2.08. The summed E-state index contributed by atoms with van der Waals surface area (Å²) in [7, 11) is 0. The fraction of sp³-hybridized carbons (Fsp3) is 0.188. The van der Waals surface area contributed by atoms with E-state index in [2.05, 4.69) is 4.98 Å². The van der Waals surface area contributed by atoms with Crippen LogP contribution in [0.1, 0.15) is 33.3 Å². The molecule has 0 atom stereocenters. The summed E-state index contributed by atoms with van der Waals surface area (Å²) in [6, 6.07) is 10.4. The first-order valence-corrected chi connectivity index (χ1v) is 6.60. The van der Waals surface area contributed by atoms with Crippen LogP contribution < -0.4 is 4.90 Å². The molecule has 1 amide bonds. The van der Waals surface area contributed by atoms with Gasteiger partial charge in [0.1, 0.15) is 5.69 Å². The molecule has 2 rings (SSSR count). The summed E-state index contributed by atoms with van der Waals surface area (Å²) >= 11 is 0. The topological polar surface area (TPSA) is 70.5 Å². The van der Waals surface area contributed by atoms with Gasteiger partial charge in [0.15, 0.2) is 0 Å². The van der Waals surface area contributed by atoms with Gasteiger partial charge in [-0.25, -0.2) is 9.78 Å². The first-order chi connectivity index (χ1) is 10.0. The minimum absolute atomic E-state index is 0.138. The van der Waals surface area contributed by atoms with Gasteiger partial charge in [-0.05, 0) is 43.7 Å². The Morgan fingerprint density at radius 1 is 1.24 bits per heavy atom. The van der Waals surface area contributed by atoms with E-state index in [1.54, 1.807) is 4.90 Å². The van der Waals surface area contributed by atoms with Crippen molar-refractivity contribution in [2.24, 2.45) is 0 Å². The predicted octanol–water partition coefficient (Wildman–Crippen LogP) is 2.75. The van der Waals surface area contributed by atoms with Crippen molar-refractivity contribution in [1.82, 2.24) is 4.98 Å². The van der Waals surface area contributed by atoms with Gasteiger partial charge in [-0.15, -0.1) is 0 Å². The highest BCUT2D eigenvalue weighted by Gasteiger charge is 2.18. The number of hydrogen-bond donors (Lipinski definition) is 1. The van der Waals surface area contributed by atoms with E-state index in [0.717, 1.165) is 11.3 Å². The van der Waals surface area contributed by atoms with Crippen LogP contribution in [-0.2, 0) is 0 Å². The Morgan fingerprint density at radius 2 is 2.00 bits per heavy atom. The maximum Gasteiger partial charge on any atom is 0.354 e. The minimum atomic E-state index is -1.15. The van der Waals surface area contributed by atoms with Crippen molar-refractivity contribution in [2.45, 2.75) is 13.8 Å². The highest BCUT2D eigenvalue weighted by Crippen LogP contribution is 2.18. The van der Waals surface area contributed by atoms with Crippen molar-refractivity contribution < 1.29 is 14.7 Å². The van der Waals surface area contributed by atoms with E-state index >= 15 is 0 Å². The molecule has 0 saturated carbocycles. The molecule has 0 saturated heterocycles. The van der Waals surface area contributed by atoms with Crippen LogP contribution in [0.3, 0.4) is 0 Å². The molecular formula is C16H16N2O3. The van der Waals surface area contributed by atoms with Crippen LogP contribution in [0.4, 0.5) is 5.69 Å². The van der Waals surface area contributed by atoms with Crippen LogP contribution in [-0.4, -0.2) is 28.5 Å². The van der Waals surface area contributed by atoms with Crippen LogP contribution >= 0.6 is 0 Å². The Morgan fingerprint density at radius 3 is 2.62 bits per heavy atom. The lowest BCUT2D eigenvalue weighted by molar-refractivity contribution is 0.0690. The van der Waals surface area contributed by atoms with Crippen molar-refractivity contribution in [3.05, 3.63) is 59.4 Å². The highest BCUT2D eigenvalue weighted by atomic mass is 16.4. The maximum atomic E-state index is 12.6. The predicted molar refractivity (Wildman–Crippen MR) is 79.7 cm³/mol. The van der Waals surface area contributed by atoms with Crippen molar-refractivity contribution >= 4 is 17.6 Å². The number of aromatic nitrogens is 1. The van der Waals surface area contributed by atoms with Crippen LogP contribution in [0.2, 0.25) is 0 Å². The number of carbonyl (C=O) groups excluding carboxylic acids is 1. The molecule has 5 nitrogen and oxygen atoms in total. The molecule has 0 fully saturated rings. The Balaban J connectivity index is 2.36. The smallest absolute Gasteiger partial charge is 0.354 e. The molecule has 0 aliphatic heterocycles. The van der Waals surface area contributed by atoms with Gasteiger partial charge >= 0.3 is 5.97 Å². The minimum Gasteiger partial charge on any atom is -0.477 e. The quantitative estimate of drug-likeness (QED) is 0.937.